The molecule has 0 rings (SSSR count). The molecule has 0 saturated heterocycles. The second-order valence-electron chi connectivity index (χ2n) is 1.57. The third-order valence-electron chi connectivity index (χ3n) is 0.638. The van der Waals surface area contributed by atoms with E-state index in [1.54, 1.807) is 7.05 Å². The van der Waals surface area contributed by atoms with Crippen LogP contribution in [0.15, 0.2) is 0 Å². The van der Waals surface area contributed by atoms with Gasteiger partial charge in [-0.1, -0.05) is 0 Å². The van der Waals surface area contributed by atoms with Gasteiger partial charge in [-0.15, -0.1) is 0 Å². The highest BCUT2D eigenvalue weighted by molar-refractivity contribution is 7.80. The summed E-state index contributed by atoms with van der Waals surface area (Å²) in [5.41, 5.74) is 5.47. The fourth-order valence-corrected chi connectivity index (χ4v) is 0.321. The lowest BCUT2D eigenvalue weighted by Gasteiger charge is -2.13. The lowest BCUT2D eigenvalue weighted by atomic mass is 10.9. The zero-order chi connectivity index (χ0) is 6.57. The summed E-state index contributed by atoms with van der Waals surface area (Å²) in [7, 11) is 5.54. The van der Waals surface area contributed by atoms with Crippen LogP contribution in [0.4, 0.5) is 0 Å². The lowest BCUT2D eigenvalue weighted by molar-refractivity contribution is 0.580. The Balaban J connectivity index is 3.33. The van der Waals surface area contributed by atoms with Crippen molar-refractivity contribution in [3.63, 3.8) is 0 Å². The molecule has 0 amide bonds. The van der Waals surface area contributed by atoms with Gasteiger partial charge >= 0.3 is 0 Å². The molecule has 0 aliphatic carbocycles. The van der Waals surface area contributed by atoms with Crippen molar-refractivity contribution in [2.24, 2.45) is 0 Å². The normalized spacial score (nSPS) is 8.38. The van der Waals surface area contributed by atoms with Gasteiger partial charge in [-0.2, -0.15) is 0 Å². The first-order valence-corrected chi connectivity index (χ1v) is 2.73. The summed E-state index contributed by atoms with van der Waals surface area (Å²) >= 11 is 4.83. The first kappa shape index (κ1) is 7.65. The van der Waals surface area contributed by atoms with Crippen LogP contribution in [0.2, 0.25) is 0 Å². The first-order chi connectivity index (χ1) is 3.68. The Morgan fingerprint density at radius 3 is 2.12 bits per heavy atom. The topological polar surface area (TPSA) is 27.3 Å². The SMILES string of the molecule is CNNC(=S)N(C)C. The highest BCUT2D eigenvalue weighted by atomic mass is 32.1. The van der Waals surface area contributed by atoms with Crippen LogP contribution in [0.1, 0.15) is 0 Å². The average molecular weight is 133 g/mol. The molecule has 0 atom stereocenters. The van der Waals surface area contributed by atoms with Crippen LogP contribution >= 0.6 is 12.2 Å². The number of hydrogen-bond donors (Lipinski definition) is 2. The molecule has 8 heavy (non-hydrogen) atoms. The monoisotopic (exact) mass is 133 g/mol. The van der Waals surface area contributed by atoms with E-state index in [2.05, 4.69) is 10.9 Å². The van der Waals surface area contributed by atoms with Gasteiger partial charge in [0.2, 0.25) is 0 Å². The third kappa shape index (κ3) is 2.76. The van der Waals surface area contributed by atoms with Gasteiger partial charge in [-0.25, -0.2) is 5.43 Å². The second kappa shape index (κ2) is 3.63. The molecule has 3 nitrogen and oxygen atoms in total. The van der Waals surface area contributed by atoms with Gasteiger partial charge in [0, 0.05) is 21.1 Å². The van der Waals surface area contributed by atoms with Gasteiger partial charge in [-0.3, -0.25) is 5.43 Å². The molecule has 0 fully saturated rings. The minimum atomic E-state index is 0.688. The van der Waals surface area contributed by atoms with Gasteiger partial charge in [0.1, 0.15) is 0 Å². The van der Waals surface area contributed by atoms with Crippen molar-refractivity contribution >= 4 is 17.3 Å². The molecule has 0 heterocycles. The summed E-state index contributed by atoms with van der Waals surface area (Å²) in [6.07, 6.45) is 0. The minimum absolute atomic E-state index is 0.688. The summed E-state index contributed by atoms with van der Waals surface area (Å²) in [6.45, 7) is 0. The van der Waals surface area contributed by atoms with E-state index in [1.807, 2.05) is 19.0 Å². The van der Waals surface area contributed by atoms with Crippen LogP contribution in [-0.2, 0) is 0 Å². The molecular weight excluding hydrogens is 122 g/mol. The minimum Gasteiger partial charge on any atom is -0.354 e. The van der Waals surface area contributed by atoms with Crippen molar-refractivity contribution in [2.75, 3.05) is 21.1 Å². The molecule has 0 aliphatic rings. The molecular formula is C4H11N3S. The number of nitrogens with zero attached hydrogens (tertiary/aromatic N) is 1. The van der Waals surface area contributed by atoms with E-state index in [1.165, 1.54) is 0 Å². The number of thiocarbonyl (C=S) groups is 1. The molecule has 0 spiro atoms. The van der Waals surface area contributed by atoms with Crippen molar-refractivity contribution in [1.29, 1.82) is 0 Å². The molecule has 0 aliphatic heterocycles. The molecule has 4 heteroatoms. The van der Waals surface area contributed by atoms with Gasteiger partial charge < -0.3 is 4.90 Å². The number of rotatable bonds is 1. The van der Waals surface area contributed by atoms with Crippen LogP contribution in [0, 0.1) is 0 Å². The number of hydrazine groups is 1. The summed E-state index contributed by atoms with van der Waals surface area (Å²) in [5.74, 6) is 0. The van der Waals surface area contributed by atoms with Gasteiger partial charge in [-0.05, 0) is 12.2 Å². The van der Waals surface area contributed by atoms with Crippen LogP contribution in [0.5, 0.6) is 0 Å². The van der Waals surface area contributed by atoms with E-state index in [9.17, 15) is 0 Å². The molecule has 0 saturated carbocycles. The highest BCUT2D eigenvalue weighted by Crippen LogP contribution is 1.72. The quantitative estimate of drug-likeness (QED) is 0.374. The van der Waals surface area contributed by atoms with Crippen LogP contribution < -0.4 is 10.9 Å². The summed E-state index contributed by atoms with van der Waals surface area (Å²) in [4.78, 5) is 1.81. The lowest BCUT2D eigenvalue weighted by Crippen LogP contribution is -2.41. The van der Waals surface area contributed by atoms with E-state index in [0.29, 0.717) is 5.11 Å². The molecule has 0 aromatic carbocycles. The Morgan fingerprint density at radius 2 is 2.00 bits per heavy atom. The largest absolute Gasteiger partial charge is 0.354 e. The Labute approximate surface area is 55.0 Å². The zero-order valence-electron chi connectivity index (χ0n) is 5.36. The Bertz CT molecular complexity index is 81.4. The van der Waals surface area contributed by atoms with Gasteiger partial charge in [0.05, 0.1) is 0 Å². The first-order valence-electron chi connectivity index (χ1n) is 2.32. The molecule has 0 aromatic heterocycles. The zero-order valence-corrected chi connectivity index (χ0v) is 6.17. The van der Waals surface area contributed by atoms with E-state index in [4.69, 9.17) is 12.2 Å². The molecule has 0 unspecified atom stereocenters. The van der Waals surface area contributed by atoms with E-state index >= 15 is 0 Å². The molecule has 0 aromatic rings. The Morgan fingerprint density at radius 1 is 1.50 bits per heavy atom. The fraction of sp³-hybridized carbons (Fsp3) is 0.750. The molecule has 2 N–H and O–H groups in total. The maximum atomic E-state index is 4.83. The van der Waals surface area contributed by atoms with E-state index < -0.39 is 0 Å². The smallest absolute Gasteiger partial charge is 0.182 e. The van der Waals surface area contributed by atoms with Crippen molar-refractivity contribution in [3.05, 3.63) is 0 Å². The molecule has 0 radical (unpaired) electrons. The van der Waals surface area contributed by atoms with Gasteiger partial charge in [0.25, 0.3) is 0 Å². The fourth-order valence-electron chi connectivity index (χ4n) is 0.219. The summed E-state index contributed by atoms with van der Waals surface area (Å²) < 4.78 is 0. The summed E-state index contributed by atoms with van der Waals surface area (Å²) in [5, 5.41) is 0.688. The van der Waals surface area contributed by atoms with Crippen LogP contribution in [0.3, 0.4) is 0 Å². The van der Waals surface area contributed by atoms with Gasteiger partial charge in [0.15, 0.2) is 5.11 Å². The van der Waals surface area contributed by atoms with Crippen molar-refractivity contribution in [2.45, 2.75) is 0 Å². The Hall–Kier alpha value is -0.350. The van der Waals surface area contributed by atoms with Crippen LogP contribution in [0.25, 0.3) is 0 Å². The third-order valence-corrected chi connectivity index (χ3v) is 1.11. The Kier molecular flexibility index (Phi) is 3.47. The standard InChI is InChI=1S/C4H11N3S/c1-5-6-4(8)7(2)3/h5H,1-3H3,(H,6,8). The second-order valence-corrected chi connectivity index (χ2v) is 1.96. The highest BCUT2D eigenvalue weighted by Gasteiger charge is 1.91. The maximum absolute atomic E-state index is 4.83. The average Bonchev–Trinajstić information content (AvgIpc) is 1.67. The van der Waals surface area contributed by atoms with Crippen molar-refractivity contribution in [1.82, 2.24) is 15.8 Å². The number of hydrogen-bond acceptors (Lipinski definition) is 2. The predicted molar refractivity (Wildman–Crippen MR) is 38.5 cm³/mol. The molecule has 48 valence electrons. The van der Waals surface area contributed by atoms with E-state index in [0.717, 1.165) is 0 Å². The maximum Gasteiger partial charge on any atom is 0.182 e. The molecule has 0 bridgehead atoms. The predicted octanol–water partition coefficient (Wildman–Crippen LogP) is -0.443. The summed E-state index contributed by atoms with van der Waals surface area (Å²) in [6, 6.07) is 0. The van der Waals surface area contributed by atoms with Crippen LogP contribution in [-0.4, -0.2) is 31.2 Å². The van der Waals surface area contributed by atoms with Crippen molar-refractivity contribution in [3.8, 4) is 0 Å². The van der Waals surface area contributed by atoms with Crippen molar-refractivity contribution < 1.29 is 0 Å². The number of nitrogens with one attached hydrogen (secondary N) is 2. The van der Waals surface area contributed by atoms with E-state index in [-0.39, 0.29) is 0 Å².